The van der Waals surface area contributed by atoms with Crippen LogP contribution >= 0.6 is 7.60 Å². The van der Waals surface area contributed by atoms with E-state index in [0.29, 0.717) is 13.2 Å². The van der Waals surface area contributed by atoms with Crippen molar-refractivity contribution in [1.82, 2.24) is 5.32 Å². The smallest absolute Gasteiger partial charge is 0.309 e. The highest BCUT2D eigenvalue weighted by Crippen LogP contribution is 2.53. The summed E-state index contributed by atoms with van der Waals surface area (Å²) in [7, 11) is -1.25. The Hall–Kier alpha value is -1.00. The summed E-state index contributed by atoms with van der Waals surface area (Å²) < 4.78 is 23.2. The van der Waals surface area contributed by atoms with Crippen LogP contribution in [0.3, 0.4) is 0 Å². The predicted octanol–water partition coefficient (Wildman–Crippen LogP) is 3.49. The van der Waals surface area contributed by atoms with Crippen LogP contribution in [0.2, 0.25) is 0 Å². The third kappa shape index (κ3) is 3.92. The molecule has 0 radical (unpaired) electrons. The third-order valence-corrected chi connectivity index (χ3v) is 6.50. The molecule has 2 atom stereocenters. The first-order chi connectivity index (χ1) is 10.9. The quantitative estimate of drug-likeness (QED) is 0.698. The van der Waals surface area contributed by atoms with Gasteiger partial charge in [-0.1, -0.05) is 24.3 Å². The Morgan fingerprint density at radius 1 is 1.26 bits per heavy atom. The lowest BCUT2D eigenvalue weighted by molar-refractivity contribution is -0.119. The van der Waals surface area contributed by atoms with E-state index in [1.807, 2.05) is 31.3 Å². The lowest BCUT2D eigenvalue weighted by atomic mass is 10.0. The van der Waals surface area contributed by atoms with Crippen LogP contribution in [-0.2, 0) is 24.6 Å². The minimum absolute atomic E-state index is 0.172. The molecule has 128 valence electrons. The fourth-order valence-electron chi connectivity index (χ4n) is 3.11. The molecule has 0 bridgehead atoms. The van der Waals surface area contributed by atoms with E-state index in [0.717, 1.165) is 17.5 Å². The van der Waals surface area contributed by atoms with E-state index in [1.54, 1.807) is 20.8 Å². The van der Waals surface area contributed by atoms with Gasteiger partial charge in [0.15, 0.2) is 0 Å². The molecule has 1 aromatic carbocycles. The normalized spacial score (nSPS) is 23.7. The summed E-state index contributed by atoms with van der Waals surface area (Å²) in [6.45, 7) is 5.97. The molecule has 1 aromatic rings. The van der Waals surface area contributed by atoms with E-state index in [4.69, 9.17) is 9.05 Å². The second-order valence-electron chi connectivity index (χ2n) is 5.88. The largest absolute Gasteiger partial charge is 0.335 e. The number of ketones is 1. The average Bonchev–Trinajstić information content (AvgIpc) is 3.24. The molecule has 0 spiro atoms. The molecular formula is C17H26NO4P. The maximum absolute atomic E-state index is 12.6. The highest BCUT2D eigenvalue weighted by atomic mass is 31.2. The maximum atomic E-state index is 12.6. The lowest BCUT2D eigenvalue weighted by Gasteiger charge is -2.17. The van der Waals surface area contributed by atoms with Crippen molar-refractivity contribution in [3.8, 4) is 0 Å². The molecule has 1 saturated carbocycles. The molecule has 1 unspecified atom stereocenters. The van der Waals surface area contributed by atoms with E-state index < -0.39 is 13.1 Å². The van der Waals surface area contributed by atoms with Crippen molar-refractivity contribution in [1.29, 1.82) is 0 Å². The van der Waals surface area contributed by atoms with E-state index in [2.05, 4.69) is 5.32 Å². The molecule has 0 aliphatic heterocycles. The van der Waals surface area contributed by atoms with Crippen LogP contribution in [0.1, 0.15) is 44.2 Å². The Morgan fingerprint density at radius 2 is 1.83 bits per heavy atom. The zero-order valence-corrected chi connectivity index (χ0v) is 15.2. The Labute approximate surface area is 138 Å². The van der Waals surface area contributed by atoms with Crippen LogP contribution in [-0.4, -0.2) is 31.6 Å². The average molecular weight is 339 g/mol. The molecule has 0 amide bonds. The van der Waals surface area contributed by atoms with Crippen molar-refractivity contribution >= 4 is 13.4 Å². The van der Waals surface area contributed by atoms with Crippen LogP contribution in [0.5, 0.6) is 0 Å². The first-order valence-electron chi connectivity index (χ1n) is 8.07. The lowest BCUT2D eigenvalue weighted by Crippen LogP contribution is -2.36. The van der Waals surface area contributed by atoms with Gasteiger partial charge >= 0.3 is 7.60 Å². The van der Waals surface area contributed by atoms with Crippen LogP contribution in [0.25, 0.3) is 0 Å². The number of carbonyl (C=O) groups is 1. The Balaban J connectivity index is 2.09. The Bertz CT molecular complexity index is 591. The monoisotopic (exact) mass is 339 g/mol. The van der Waals surface area contributed by atoms with Gasteiger partial charge in [-0.05, 0) is 45.4 Å². The van der Waals surface area contributed by atoms with Gasteiger partial charge in [0.25, 0.3) is 0 Å². The number of nitrogens with one attached hydrogen (secondary N) is 1. The number of benzene rings is 1. The van der Waals surface area contributed by atoms with Gasteiger partial charge in [0.05, 0.1) is 24.9 Å². The summed E-state index contributed by atoms with van der Waals surface area (Å²) in [6, 6.07) is 7.90. The second kappa shape index (κ2) is 7.27. The predicted molar refractivity (Wildman–Crippen MR) is 90.8 cm³/mol. The first kappa shape index (κ1) is 18.3. The van der Waals surface area contributed by atoms with Gasteiger partial charge in [0.2, 0.25) is 0 Å². The van der Waals surface area contributed by atoms with Crippen molar-refractivity contribution in [2.24, 2.45) is 0 Å². The van der Waals surface area contributed by atoms with Gasteiger partial charge in [-0.2, -0.15) is 0 Å². The van der Waals surface area contributed by atoms with Gasteiger partial charge in [-0.25, -0.2) is 0 Å². The molecule has 23 heavy (non-hydrogen) atoms. The van der Waals surface area contributed by atoms with Crippen molar-refractivity contribution in [3.63, 3.8) is 0 Å². The van der Waals surface area contributed by atoms with E-state index in [9.17, 15) is 9.36 Å². The number of likely N-dealkylation sites (N-methyl/N-ethyl adjacent to an activating group) is 1. The van der Waals surface area contributed by atoms with Crippen LogP contribution < -0.4 is 5.32 Å². The molecule has 1 aliphatic carbocycles. The Kier molecular flexibility index (Phi) is 5.79. The summed E-state index contributed by atoms with van der Waals surface area (Å²) in [6.07, 6.45) is 1.10. The van der Waals surface area contributed by atoms with E-state index in [-0.39, 0.29) is 17.9 Å². The van der Waals surface area contributed by atoms with Gasteiger partial charge in [0.1, 0.15) is 5.78 Å². The second-order valence-corrected chi connectivity index (χ2v) is 7.93. The van der Waals surface area contributed by atoms with Crippen molar-refractivity contribution in [2.45, 2.75) is 44.8 Å². The van der Waals surface area contributed by atoms with Gasteiger partial charge in [-0.15, -0.1) is 0 Å². The maximum Gasteiger partial charge on any atom is 0.335 e. The van der Waals surface area contributed by atoms with Gasteiger partial charge in [0, 0.05) is 5.92 Å². The summed E-state index contributed by atoms with van der Waals surface area (Å²) >= 11 is 0. The van der Waals surface area contributed by atoms with Gasteiger partial charge in [-0.3, -0.25) is 9.36 Å². The molecule has 1 fully saturated rings. The molecule has 0 aromatic heterocycles. The molecule has 0 heterocycles. The van der Waals surface area contributed by atoms with E-state index in [1.165, 1.54) is 0 Å². The molecule has 1 aliphatic rings. The minimum Gasteiger partial charge on any atom is -0.309 e. The molecule has 0 saturated heterocycles. The summed E-state index contributed by atoms with van der Waals surface area (Å²) in [5, 5.41) is 3.15. The van der Waals surface area contributed by atoms with Crippen molar-refractivity contribution < 1.29 is 18.4 Å². The zero-order chi connectivity index (χ0) is 17.1. The van der Waals surface area contributed by atoms with Crippen LogP contribution in [0.15, 0.2) is 24.3 Å². The van der Waals surface area contributed by atoms with Crippen molar-refractivity contribution in [2.75, 3.05) is 20.3 Å². The SMILES string of the molecule is CCOP(=O)(Cc1ccc([C@@H]2CC2(NC)C(C)=O)cc1)OCC. The fourth-order valence-corrected chi connectivity index (χ4v) is 4.81. The molecular weight excluding hydrogens is 313 g/mol. The summed E-state index contributed by atoms with van der Waals surface area (Å²) in [4.78, 5) is 11.8. The highest BCUT2D eigenvalue weighted by Gasteiger charge is 2.57. The van der Waals surface area contributed by atoms with Crippen LogP contribution in [0, 0.1) is 0 Å². The standard InChI is InChI=1S/C17H26NO4P/c1-5-21-23(20,22-6-2)12-14-7-9-15(10-8-14)16-11-17(16,18-4)13(3)19/h7-10,16,18H,5-6,11-12H2,1-4H3/t16-,17?/m0/s1. The first-order valence-corrected chi connectivity index (χ1v) is 9.80. The van der Waals surface area contributed by atoms with E-state index >= 15 is 0 Å². The summed E-state index contributed by atoms with van der Waals surface area (Å²) in [5.41, 5.74) is 1.63. The summed E-state index contributed by atoms with van der Waals surface area (Å²) in [5.74, 6) is 0.385. The topological polar surface area (TPSA) is 64.6 Å². The molecule has 6 heteroatoms. The zero-order valence-electron chi connectivity index (χ0n) is 14.3. The number of rotatable bonds is 9. The third-order valence-electron chi connectivity index (χ3n) is 4.45. The molecule has 5 nitrogen and oxygen atoms in total. The number of hydrogen-bond donors (Lipinski definition) is 1. The number of Topliss-reactive ketones (excluding diaryl/α,β-unsaturated/α-hetero) is 1. The molecule has 2 rings (SSSR count). The van der Waals surface area contributed by atoms with Crippen molar-refractivity contribution in [3.05, 3.63) is 35.4 Å². The molecule has 1 N–H and O–H groups in total. The number of carbonyl (C=O) groups excluding carboxylic acids is 1. The van der Waals surface area contributed by atoms with Crippen LogP contribution in [0.4, 0.5) is 0 Å². The fraction of sp³-hybridized carbons (Fsp3) is 0.588. The number of hydrogen-bond acceptors (Lipinski definition) is 5. The van der Waals surface area contributed by atoms with Gasteiger partial charge < -0.3 is 14.4 Å². The Morgan fingerprint density at radius 3 is 2.22 bits per heavy atom. The minimum atomic E-state index is -3.08. The highest BCUT2D eigenvalue weighted by molar-refractivity contribution is 7.53.